The molecule has 0 aromatic heterocycles. The Bertz CT molecular complexity index is 792. The lowest BCUT2D eigenvalue weighted by atomic mass is 9.91. The Balaban J connectivity index is 2.15. The van der Waals surface area contributed by atoms with Crippen molar-refractivity contribution < 1.29 is 26.3 Å². The summed E-state index contributed by atoms with van der Waals surface area (Å²) in [5.74, 6) is 0. The lowest BCUT2D eigenvalue weighted by Crippen LogP contribution is -2.34. The Kier molecular flexibility index (Phi) is 6.00. The molecule has 0 bridgehead atoms. The third kappa shape index (κ3) is 4.67. The monoisotopic (exact) mass is 402 g/mol. The van der Waals surface area contributed by atoms with E-state index in [1.807, 2.05) is 4.90 Å². The van der Waals surface area contributed by atoms with Crippen molar-refractivity contribution in [3.63, 3.8) is 0 Å². The molecule has 0 amide bonds. The first-order valence-corrected chi connectivity index (χ1v) is 8.96. The number of halogens is 6. The van der Waals surface area contributed by atoms with E-state index in [1.165, 1.54) is 30.3 Å². The second kappa shape index (κ2) is 8.13. The highest BCUT2D eigenvalue weighted by molar-refractivity contribution is 5.40. The zero-order valence-electron chi connectivity index (χ0n) is 14.9. The Morgan fingerprint density at radius 3 is 2.29 bits per heavy atom. The van der Waals surface area contributed by atoms with Crippen LogP contribution in [0.5, 0.6) is 0 Å². The van der Waals surface area contributed by atoms with Crippen LogP contribution < -0.4 is 5.32 Å². The molecule has 1 N–H and O–H groups in total. The van der Waals surface area contributed by atoms with E-state index in [0.717, 1.165) is 18.2 Å². The van der Waals surface area contributed by atoms with Crippen molar-refractivity contribution in [3.8, 4) is 0 Å². The van der Waals surface area contributed by atoms with E-state index in [-0.39, 0.29) is 11.1 Å². The van der Waals surface area contributed by atoms with E-state index in [0.29, 0.717) is 32.6 Å². The minimum absolute atomic E-state index is 0.0313. The number of alkyl halides is 6. The molecule has 1 fully saturated rings. The number of nitrogens with one attached hydrogen (secondary N) is 1. The average molecular weight is 402 g/mol. The largest absolute Gasteiger partial charge is 0.416 e. The molecular weight excluding hydrogens is 382 g/mol. The number of nitrogens with zero attached hydrogens (tertiary/aromatic N) is 1. The molecule has 1 unspecified atom stereocenters. The van der Waals surface area contributed by atoms with Gasteiger partial charge in [0.05, 0.1) is 17.2 Å². The fourth-order valence-corrected chi connectivity index (χ4v) is 3.59. The molecule has 28 heavy (non-hydrogen) atoms. The zero-order chi connectivity index (χ0) is 20.4. The number of hydrogen-bond acceptors (Lipinski definition) is 2. The van der Waals surface area contributed by atoms with Gasteiger partial charge < -0.3 is 5.32 Å². The van der Waals surface area contributed by atoms with E-state index in [9.17, 15) is 26.3 Å². The van der Waals surface area contributed by atoms with Crippen LogP contribution in [0.25, 0.3) is 0 Å². The van der Waals surface area contributed by atoms with Crippen molar-refractivity contribution in [2.75, 3.05) is 26.2 Å². The van der Waals surface area contributed by atoms with Crippen molar-refractivity contribution in [3.05, 3.63) is 70.8 Å². The fourth-order valence-electron chi connectivity index (χ4n) is 3.59. The quantitative estimate of drug-likeness (QED) is 0.718. The summed E-state index contributed by atoms with van der Waals surface area (Å²) < 4.78 is 80.5. The number of rotatable bonds is 3. The molecular formula is C20H20F6N2. The Morgan fingerprint density at radius 1 is 0.821 bits per heavy atom. The second-order valence-corrected chi connectivity index (χ2v) is 6.75. The van der Waals surface area contributed by atoms with Crippen LogP contribution in [0.2, 0.25) is 0 Å². The summed E-state index contributed by atoms with van der Waals surface area (Å²) in [6.07, 6.45) is -8.46. The molecule has 2 nitrogen and oxygen atoms in total. The van der Waals surface area contributed by atoms with Gasteiger partial charge in [-0.1, -0.05) is 30.3 Å². The highest BCUT2D eigenvalue weighted by Crippen LogP contribution is 2.40. The molecule has 1 aliphatic rings. The highest BCUT2D eigenvalue weighted by atomic mass is 19.4. The molecule has 1 atom stereocenters. The van der Waals surface area contributed by atoms with Crippen molar-refractivity contribution in [1.29, 1.82) is 0 Å². The maximum atomic E-state index is 13.6. The number of hydrogen-bond donors (Lipinski definition) is 1. The van der Waals surface area contributed by atoms with Gasteiger partial charge in [-0.15, -0.1) is 0 Å². The van der Waals surface area contributed by atoms with Crippen LogP contribution in [0.3, 0.4) is 0 Å². The third-order valence-corrected chi connectivity index (χ3v) is 4.83. The molecule has 8 heteroatoms. The minimum Gasteiger partial charge on any atom is -0.315 e. The first-order chi connectivity index (χ1) is 13.2. The summed E-state index contributed by atoms with van der Waals surface area (Å²) in [7, 11) is 0. The van der Waals surface area contributed by atoms with Crippen LogP contribution >= 0.6 is 0 Å². The van der Waals surface area contributed by atoms with Gasteiger partial charge in [0.2, 0.25) is 0 Å². The smallest absolute Gasteiger partial charge is 0.315 e. The van der Waals surface area contributed by atoms with E-state index < -0.39 is 29.5 Å². The van der Waals surface area contributed by atoms with Gasteiger partial charge in [-0.3, -0.25) is 4.90 Å². The maximum Gasteiger partial charge on any atom is 0.416 e. The summed E-state index contributed by atoms with van der Waals surface area (Å²) in [5.41, 5.74) is -1.52. The molecule has 1 aliphatic heterocycles. The number of benzene rings is 2. The molecule has 3 rings (SSSR count). The summed E-state index contributed by atoms with van der Waals surface area (Å²) in [6.45, 7) is 2.20. The van der Waals surface area contributed by atoms with E-state index >= 15 is 0 Å². The first kappa shape index (κ1) is 20.7. The summed E-state index contributed by atoms with van der Waals surface area (Å²) in [4.78, 5) is 1.82. The topological polar surface area (TPSA) is 15.3 Å². The molecule has 2 aromatic rings. The van der Waals surface area contributed by atoms with Gasteiger partial charge in [-0.05, 0) is 42.3 Å². The molecule has 2 aromatic carbocycles. The molecule has 0 aliphatic carbocycles. The van der Waals surface area contributed by atoms with Crippen LogP contribution in [0.1, 0.15) is 34.7 Å². The fraction of sp³-hybridized carbons (Fsp3) is 0.400. The van der Waals surface area contributed by atoms with Gasteiger partial charge in [0.25, 0.3) is 0 Å². The van der Waals surface area contributed by atoms with Crippen LogP contribution in [0.15, 0.2) is 48.5 Å². The highest BCUT2D eigenvalue weighted by Gasteiger charge is 2.38. The average Bonchev–Trinajstić information content (AvgIpc) is 2.90. The van der Waals surface area contributed by atoms with E-state index in [4.69, 9.17) is 0 Å². The van der Waals surface area contributed by atoms with Crippen molar-refractivity contribution in [2.24, 2.45) is 0 Å². The maximum absolute atomic E-state index is 13.6. The van der Waals surface area contributed by atoms with Gasteiger partial charge in [0.15, 0.2) is 0 Å². The SMILES string of the molecule is FC(F)(F)c1cccc(C(c2ccccc2C(F)(F)F)N2CCCNCC2)c1. The Morgan fingerprint density at radius 2 is 1.57 bits per heavy atom. The lowest BCUT2D eigenvalue weighted by Gasteiger charge is -2.33. The van der Waals surface area contributed by atoms with Crippen molar-refractivity contribution >= 4 is 0 Å². The molecule has 152 valence electrons. The molecule has 0 spiro atoms. The molecule has 0 radical (unpaired) electrons. The van der Waals surface area contributed by atoms with Gasteiger partial charge in [-0.2, -0.15) is 26.3 Å². The first-order valence-electron chi connectivity index (χ1n) is 8.96. The van der Waals surface area contributed by atoms with Crippen molar-refractivity contribution in [2.45, 2.75) is 24.8 Å². The Labute approximate surface area is 159 Å². The van der Waals surface area contributed by atoms with Crippen LogP contribution in [0.4, 0.5) is 26.3 Å². The van der Waals surface area contributed by atoms with Gasteiger partial charge in [-0.25, -0.2) is 0 Å². The molecule has 1 heterocycles. The van der Waals surface area contributed by atoms with Gasteiger partial charge in [0, 0.05) is 19.6 Å². The van der Waals surface area contributed by atoms with Crippen LogP contribution in [-0.2, 0) is 12.4 Å². The normalized spacial score (nSPS) is 17.9. The van der Waals surface area contributed by atoms with Crippen LogP contribution in [-0.4, -0.2) is 31.1 Å². The predicted molar refractivity (Wildman–Crippen MR) is 93.8 cm³/mol. The predicted octanol–water partition coefficient (Wildman–Crippen LogP) is 5.11. The third-order valence-electron chi connectivity index (χ3n) is 4.83. The summed E-state index contributed by atoms with van der Waals surface area (Å²) in [5, 5.41) is 3.17. The summed E-state index contributed by atoms with van der Waals surface area (Å²) >= 11 is 0. The van der Waals surface area contributed by atoms with Gasteiger partial charge >= 0.3 is 12.4 Å². The van der Waals surface area contributed by atoms with Crippen molar-refractivity contribution in [1.82, 2.24) is 10.2 Å². The van der Waals surface area contributed by atoms with Crippen LogP contribution in [0, 0.1) is 0 Å². The Hall–Kier alpha value is -2.06. The summed E-state index contributed by atoms with van der Waals surface area (Å²) in [6, 6.07) is 8.79. The van der Waals surface area contributed by atoms with E-state index in [1.54, 1.807) is 0 Å². The molecule has 1 saturated heterocycles. The zero-order valence-corrected chi connectivity index (χ0v) is 14.9. The standard InChI is InChI=1S/C20H20F6N2/c21-19(22,23)15-6-3-5-14(13-15)18(28-11-4-9-27-10-12-28)16-7-1-2-8-17(16)20(24,25)26/h1-3,5-8,13,18,27H,4,9-12H2. The lowest BCUT2D eigenvalue weighted by molar-refractivity contribution is -0.139. The van der Waals surface area contributed by atoms with E-state index in [2.05, 4.69) is 5.32 Å². The minimum atomic E-state index is -4.60. The van der Waals surface area contributed by atoms with Gasteiger partial charge in [0.1, 0.15) is 0 Å². The second-order valence-electron chi connectivity index (χ2n) is 6.75. The molecule has 0 saturated carbocycles.